The summed E-state index contributed by atoms with van der Waals surface area (Å²) in [7, 11) is 0. The molecule has 1 amide bonds. The molecule has 4 nitrogen and oxygen atoms in total. The van der Waals surface area contributed by atoms with Crippen LogP contribution in [-0.2, 0) is 17.9 Å². The van der Waals surface area contributed by atoms with Gasteiger partial charge in [-0.3, -0.25) is 9.69 Å². The Kier molecular flexibility index (Phi) is 4.58. The van der Waals surface area contributed by atoms with Crippen LogP contribution in [-0.4, -0.2) is 30.4 Å². The van der Waals surface area contributed by atoms with Crippen molar-refractivity contribution in [1.29, 1.82) is 0 Å². The fourth-order valence-corrected chi connectivity index (χ4v) is 2.32. The minimum atomic E-state index is 0.127. The van der Waals surface area contributed by atoms with E-state index < -0.39 is 0 Å². The molecule has 1 aliphatic rings. The van der Waals surface area contributed by atoms with E-state index in [0.717, 1.165) is 35.8 Å². The van der Waals surface area contributed by atoms with E-state index in [1.165, 1.54) is 0 Å². The van der Waals surface area contributed by atoms with Crippen molar-refractivity contribution in [1.82, 2.24) is 10.2 Å². The van der Waals surface area contributed by atoms with E-state index in [9.17, 15) is 4.79 Å². The van der Waals surface area contributed by atoms with Crippen LogP contribution < -0.4 is 11.1 Å². The van der Waals surface area contributed by atoms with Crippen LogP contribution in [0.3, 0.4) is 0 Å². The second-order valence-electron chi connectivity index (χ2n) is 4.51. The Morgan fingerprint density at radius 3 is 2.94 bits per heavy atom. The smallest absolute Gasteiger partial charge is 0.221 e. The molecular formula is C13H18ClN3O. The van der Waals surface area contributed by atoms with E-state index in [2.05, 4.69) is 10.2 Å². The Morgan fingerprint density at radius 2 is 2.22 bits per heavy atom. The van der Waals surface area contributed by atoms with E-state index in [0.29, 0.717) is 19.5 Å². The molecule has 0 aromatic heterocycles. The molecule has 1 aromatic rings. The summed E-state index contributed by atoms with van der Waals surface area (Å²) in [4.78, 5) is 13.5. The standard InChI is InChI=1S/C13H18ClN3O/c14-12-7-10(8-15)1-2-11(12)9-17-5-3-13(18)16-4-6-17/h1-2,7H,3-6,8-9,15H2,(H,16,18). The third-order valence-electron chi connectivity index (χ3n) is 3.15. The highest BCUT2D eigenvalue weighted by molar-refractivity contribution is 6.31. The minimum Gasteiger partial charge on any atom is -0.355 e. The SMILES string of the molecule is NCc1ccc(CN2CCNC(=O)CC2)c(Cl)c1. The molecule has 1 fully saturated rings. The van der Waals surface area contributed by atoms with E-state index in [1.54, 1.807) is 0 Å². The number of carbonyl (C=O) groups is 1. The van der Waals surface area contributed by atoms with Crippen molar-refractivity contribution in [2.45, 2.75) is 19.5 Å². The molecule has 3 N–H and O–H groups in total. The summed E-state index contributed by atoms with van der Waals surface area (Å²) in [6.07, 6.45) is 0.554. The van der Waals surface area contributed by atoms with Gasteiger partial charge in [-0.2, -0.15) is 0 Å². The molecule has 0 spiro atoms. The predicted octanol–water partition coefficient (Wildman–Crippen LogP) is 1.12. The average Bonchev–Trinajstić information content (AvgIpc) is 2.57. The molecule has 1 heterocycles. The van der Waals surface area contributed by atoms with Gasteiger partial charge in [0.2, 0.25) is 5.91 Å². The van der Waals surface area contributed by atoms with E-state index in [1.807, 2.05) is 18.2 Å². The number of rotatable bonds is 3. The Hall–Kier alpha value is -1.10. The summed E-state index contributed by atoms with van der Waals surface area (Å²) >= 11 is 6.23. The first-order valence-electron chi connectivity index (χ1n) is 6.15. The zero-order chi connectivity index (χ0) is 13.0. The van der Waals surface area contributed by atoms with Gasteiger partial charge in [-0.1, -0.05) is 23.7 Å². The van der Waals surface area contributed by atoms with Gasteiger partial charge >= 0.3 is 0 Å². The zero-order valence-corrected chi connectivity index (χ0v) is 11.0. The second-order valence-corrected chi connectivity index (χ2v) is 4.91. The monoisotopic (exact) mass is 267 g/mol. The van der Waals surface area contributed by atoms with Crippen LogP contribution in [0.15, 0.2) is 18.2 Å². The molecule has 5 heteroatoms. The third-order valence-corrected chi connectivity index (χ3v) is 3.50. The van der Waals surface area contributed by atoms with Gasteiger partial charge in [0.15, 0.2) is 0 Å². The molecule has 18 heavy (non-hydrogen) atoms. The summed E-state index contributed by atoms with van der Waals surface area (Å²) < 4.78 is 0. The normalized spacial score (nSPS) is 17.3. The van der Waals surface area contributed by atoms with Crippen molar-refractivity contribution in [2.75, 3.05) is 19.6 Å². The highest BCUT2D eigenvalue weighted by Gasteiger charge is 2.14. The number of halogens is 1. The van der Waals surface area contributed by atoms with Gasteiger partial charge in [-0.05, 0) is 17.2 Å². The van der Waals surface area contributed by atoms with Crippen LogP contribution in [0.25, 0.3) is 0 Å². The number of amides is 1. The number of hydrogen-bond acceptors (Lipinski definition) is 3. The number of hydrogen-bond donors (Lipinski definition) is 2. The van der Waals surface area contributed by atoms with Crippen molar-refractivity contribution in [3.8, 4) is 0 Å². The van der Waals surface area contributed by atoms with E-state index in [4.69, 9.17) is 17.3 Å². The van der Waals surface area contributed by atoms with Crippen LogP contribution in [0.1, 0.15) is 17.5 Å². The van der Waals surface area contributed by atoms with Crippen molar-refractivity contribution in [3.63, 3.8) is 0 Å². The fourth-order valence-electron chi connectivity index (χ4n) is 2.06. The topological polar surface area (TPSA) is 58.4 Å². The Morgan fingerprint density at radius 1 is 1.39 bits per heavy atom. The second kappa shape index (κ2) is 6.18. The first kappa shape index (κ1) is 13.3. The summed E-state index contributed by atoms with van der Waals surface area (Å²) in [6.45, 7) is 3.62. The third kappa shape index (κ3) is 3.45. The van der Waals surface area contributed by atoms with Gasteiger partial charge in [0, 0.05) is 44.2 Å². The number of nitrogens with zero attached hydrogens (tertiary/aromatic N) is 1. The molecule has 0 saturated carbocycles. The maximum Gasteiger partial charge on any atom is 0.221 e. The minimum absolute atomic E-state index is 0.127. The van der Waals surface area contributed by atoms with Crippen molar-refractivity contribution in [3.05, 3.63) is 34.3 Å². The Balaban J connectivity index is 2.02. The van der Waals surface area contributed by atoms with Crippen LogP contribution in [0, 0.1) is 0 Å². The number of nitrogens with one attached hydrogen (secondary N) is 1. The van der Waals surface area contributed by atoms with Crippen molar-refractivity contribution in [2.24, 2.45) is 5.73 Å². The van der Waals surface area contributed by atoms with Crippen LogP contribution >= 0.6 is 11.6 Å². The van der Waals surface area contributed by atoms with Crippen LogP contribution in [0.4, 0.5) is 0 Å². The molecule has 2 rings (SSSR count). The van der Waals surface area contributed by atoms with Crippen LogP contribution in [0.5, 0.6) is 0 Å². The molecule has 0 unspecified atom stereocenters. The molecule has 0 aliphatic carbocycles. The molecule has 0 bridgehead atoms. The lowest BCUT2D eigenvalue weighted by Crippen LogP contribution is -2.28. The number of carbonyl (C=O) groups excluding carboxylic acids is 1. The first-order valence-corrected chi connectivity index (χ1v) is 6.53. The maximum atomic E-state index is 11.3. The molecule has 98 valence electrons. The molecule has 1 aliphatic heterocycles. The Labute approximate surface area is 112 Å². The summed E-state index contributed by atoms with van der Waals surface area (Å²) in [5.74, 6) is 0.127. The number of benzene rings is 1. The molecule has 1 aromatic carbocycles. The molecular weight excluding hydrogens is 250 g/mol. The zero-order valence-electron chi connectivity index (χ0n) is 10.3. The summed E-state index contributed by atoms with van der Waals surface area (Å²) in [6, 6.07) is 5.94. The lowest BCUT2D eigenvalue weighted by molar-refractivity contribution is -0.120. The molecule has 0 radical (unpaired) electrons. The largest absolute Gasteiger partial charge is 0.355 e. The van der Waals surface area contributed by atoms with Crippen molar-refractivity contribution >= 4 is 17.5 Å². The van der Waals surface area contributed by atoms with E-state index >= 15 is 0 Å². The van der Waals surface area contributed by atoms with E-state index in [-0.39, 0.29) is 5.91 Å². The van der Waals surface area contributed by atoms with Crippen molar-refractivity contribution < 1.29 is 4.79 Å². The van der Waals surface area contributed by atoms with Gasteiger partial charge in [0.05, 0.1) is 0 Å². The fraction of sp³-hybridized carbons (Fsp3) is 0.462. The highest BCUT2D eigenvalue weighted by atomic mass is 35.5. The molecule has 0 atom stereocenters. The van der Waals surface area contributed by atoms with Gasteiger partial charge in [0.25, 0.3) is 0 Å². The lowest BCUT2D eigenvalue weighted by atomic mass is 10.1. The first-order chi connectivity index (χ1) is 8.69. The maximum absolute atomic E-state index is 11.3. The molecule has 1 saturated heterocycles. The van der Waals surface area contributed by atoms with Gasteiger partial charge in [-0.15, -0.1) is 0 Å². The summed E-state index contributed by atoms with van der Waals surface area (Å²) in [5, 5.41) is 3.61. The highest BCUT2D eigenvalue weighted by Crippen LogP contribution is 2.19. The van der Waals surface area contributed by atoms with Gasteiger partial charge in [-0.25, -0.2) is 0 Å². The van der Waals surface area contributed by atoms with Crippen LogP contribution in [0.2, 0.25) is 5.02 Å². The number of nitrogens with two attached hydrogens (primary N) is 1. The quantitative estimate of drug-likeness (QED) is 0.863. The van der Waals surface area contributed by atoms with Gasteiger partial charge < -0.3 is 11.1 Å². The average molecular weight is 268 g/mol. The van der Waals surface area contributed by atoms with Gasteiger partial charge in [0.1, 0.15) is 0 Å². The predicted molar refractivity (Wildman–Crippen MR) is 72.2 cm³/mol. The lowest BCUT2D eigenvalue weighted by Gasteiger charge is -2.19. The Bertz CT molecular complexity index is 436. The summed E-state index contributed by atoms with van der Waals surface area (Å²) in [5.41, 5.74) is 7.70.